The minimum Gasteiger partial charge on any atom is -0.381 e. The third-order valence-electron chi connectivity index (χ3n) is 4.29. The van der Waals surface area contributed by atoms with Gasteiger partial charge in [-0.3, -0.25) is 4.79 Å². The lowest BCUT2D eigenvalue weighted by atomic mass is 10.0. The lowest BCUT2D eigenvalue weighted by Gasteiger charge is -2.26. The summed E-state index contributed by atoms with van der Waals surface area (Å²) in [5.74, 6) is 1.21. The summed E-state index contributed by atoms with van der Waals surface area (Å²) in [6.45, 7) is 4.60. The summed E-state index contributed by atoms with van der Waals surface area (Å²) in [4.78, 5) is 16.8. The molecule has 4 heteroatoms. The Kier molecular flexibility index (Phi) is 2.64. The quantitative estimate of drug-likeness (QED) is 0.637. The molecule has 1 unspecified atom stereocenters. The van der Waals surface area contributed by atoms with Gasteiger partial charge in [0.1, 0.15) is 0 Å². The average molecular weight is 224 g/mol. The number of hydrogen-bond acceptors (Lipinski definition) is 3. The van der Waals surface area contributed by atoms with E-state index in [1.165, 1.54) is 6.42 Å². The molecule has 0 aromatic heterocycles. The van der Waals surface area contributed by atoms with E-state index in [2.05, 4.69) is 16.8 Å². The van der Waals surface area contributed by atoms with Crippen molar-refractivity contribution in [3.63, 3.8) is 0 Å². The second-order valence-corrected chi connectivity index (χ2v) is 5.43. The molecule has 16 heavy (non-hydrogen) atoms. The predicted molar refractivity (Wildman–Crippen MR) is 60.0 cm³/mol. The summed E-state index contributed by atoms with van der Waals surface area (Å²) in [5.41, 5.74) is 0. The highest BCUT2D eigenvalue weighted by Crippen LogP contribution is 2.32. The number of likely N-dealkylation sites (N-methyl/N-ethyl adjacent to an activating group) is 1. The van der Waals surface area contributed by atoms with Gasteiger partial charge < -0.3 is 14.5 Å². The van der Waals surface area contributed by atoms with Gasteiger partial charge in [0.25, 0.3) is 0 Å². The van der Waals surface area contributed by atoms with Crippen molar-refractivity contribution in [3.05, 3.63) is 0 Å². The van der Waals surface area contributed by atoms with E-state index >= 15 is 0 Å². The fourth-order valence-corrected chi connectivity index (χ4v) is 3.41. The zero-order valence-corrected chi connectivity index (χ0v) is 9.89. The summed E-state index contributed by atoms with van der Waals surface area (Å²) in [6, 6.07) is 0.484. The Morgan fingerprint density at radius 1 is 1.31 bits per heavy atom. The van der Waals surface area contributed by atoms with Crippen molar-refractivity contribution < 1.29 is 9.53 Å². The minimum atomic E-state index is 0.143. The van der Waals surface area contributed by atoms with Crippen molar-refractivity contribution in [1.82, 2.24) is 9.80 Å². The molecule has 0 saturated carbocycles. The maximum absolute atomic E-state index is 12.3. The van der Waals surface area contributed by atoms with E-state index in [-0.39, 0.29) is 5.92 Å². The highest BCUT2D eigenvalue weighted by Gasteiger charge is 2.43. The molecule has 3 atom stereocenters. The van der Waals surface area contributed by atoms with Crippen LogP contribution in [-0.2, 0) is 9.53 Å². The van der Waals surface area contributed by atoms with Gasteiger partial charge in [0.2, 0.25) is 5.91 Å². The summed E-state index contributed by atoms with van der Waals surface area (Å²) in [6.07, 6.45) is 2.11. The minimum absolute atomic E-state index is 0.143. The van der Waals surface area contributed by atoms with Gasteiger partial charge in [-0.15, -0.1) is 0 Å². The van der Waals surface area contributed by atoms with Crippen molar-refractivity contribution >= 4 is 5.91 Å². The van der Waals surface area contributed by atoms with Crippen LogP contribution in [0.25, 0.3) is 0 Å². The van der Waals surface area contributed by atoms with E-state index in [4.69, 9.17) is 4.74 Å². The van der Waals surface area contributed by atoms with Crippen molar-refractivity contribution in [2.75, 3.05) is 39.9 Å². The van der Waals surface area contributed by atoms with E-state index in [9.17, 15) is 4.79 Å². The number of fused-ring (bicyclic) bond motifs is 1. The van der Waals surface area contributed by atoms with Crippen LogP contribution in [0.4, 0.5) is 0 Å². The number of carbonyl (C=O) groups is 1. The van der Waals surface area contributed by atoms with E-state index in [0.717, 1.165) is 38.6 Å². The summed E-state index contributed by atoms with van der Waals surface area (Å²) >= 11 is 0. The van der Waals surface area contributed by atoms with Crippen molar-refractivity contribution in [2.24, 2.45) is 11.8 Å². The monoisotopic (exact) mass is 224 g/mol. The Morgan fingerprint density at radius 2 is 2.19 bits per heavy atom. The molecule has 3 aliphatic rings. The van der Waals surface area contributed by atoms with Crippen LogP contribution in [0.5, 0.6) is 0 Å². The first-order valence-electron chi connectivity index (χ1n) is 6.32. The lowest BCUT2D eigenvalue weighted by molar-refractivity contribution is -0.136. The predicted octanol–water partition coefficient (Wildman–Crippen LogP) is 0.185. The van der Waals surface area contributed by atoms with Crippen LogP contribution in [0.3, 0.4) is 0 Å². The zero-order valence-electron chi connectivity index (χ0n) is 9.89. The molecule has 90 valence electrons. The Bertz CT molecular complexity index is 289. The third-order valence-corrected chi connectivity index (χ3v) is 4.29. The largest absolute Gasteiger partial charge is 0.381 e. The Labute approximate surface area is 96.5 Å². The van der Waals surface area contributed by atoms with Crippen LogP contribution in [0.15, 0.2) is 0 Å². The molecular formula is C12H20N2O2. The molecule has 0 aromatic rings. The van der Waals surface area contributed by atoms with E-state index in [1.54, 1.807) is 0 Å². The van der Waals surface area contributed by atoms with Crippen molar-refractivity contribution in [1.29, 1.82) is 0 Å². The van der Waals surface area contributed by atoms with Gasteiger partial charge >= 0.3 is 0 Å². The first kappa shape index (κ1) is 10.5. The Hall–Kier alpha value is -0.610. The Balaban J connectivity index is 1.68. The van der Waals surface area contributed by atoms with Crippen molar-refractivity contribution in [2.45, 2.75) is 18.9 Å². The second kappa shape index (κ2) is 4.00. The molecule has 0 aliphatic carbocycles. The molecule has 3 fully saturated rings. The summed E-state index contributed by atoms with van der Waals surface area (Å²) < 4.78 is 5.31. The molecular weight excluding hydrogens is 204 g/mol. The number of ether oxygens (including phenoxy) is 1. The van der Waals surface area contributed by atoms with E-state index in [1.807, 2.05) is 0 Å². The normalized spacial score (nSPS) is 39.3. The summed E-state index contributed by atoms with van der Waals surface area (Å²) in [7, 11) is 2.15. The third kappa shape index (κ3) is 1.64. The molecule has 0 N–H and O–H groups in total. The molecule has 3 rings (SSSR count). The number of carbonyl (C=O) groups excluding carboxylic acids is 1. The number of hydrogen-bond donors (Lipinski definition) is 0. The number of rotatable bonds is 1. The van der Waals surface area contributed by atoms with Gasteiger partial charge in [-0.05, 0) is 25.8 Å². The van der Waals surface area contributed by atoms with Gasteiger partial charge in [-0.2, -0.15) is 0 Å². The molecule has 3 heterocycles. The standard InChI is InChI=1S/C12H20N2O2/c1-13-6-9-2-4-14(11(9)7-13)12(15)10-3-5-16-8-10/h9-11H,2-8H2,1H3/t9-,10?,11+/m0/s1. The number of amides is 1. The van der Waals surface area contributed by atoms with Crippen LogP contribution < -0.4 is 0 Å². The van der Waals surface area contributed by atoms with Crippen molar-refractivity contribution in [3.8, 4) is 0 Å². The highest BCUT2D eigenvalue weighted by molar-refractivity contribution is 5.80. The van der Waals surface area contributed by atoms with Crippen LogP contribution >= 0.6 is 0 Å². The van der Waals surface area contributed by atoms with Gasteiger partial charge in [-0.1, -0.05) is 0 Å². The van der Waals surface area contributed by atoms with Crippen LogP contribution in [-0.4, -0.2) is 61.6 Å². The molecule has 0 radical (unpaired) electrons. The van der Waals surface area contributed by atoms with Crippen LogP contribution in [0.1, 0.15) is 12.8 Å². The molecule has 3 aliphatic heterocycles. The first-order valence-corrected chi connectivity index (χ1v) is 6.32. The molecule has 0 bridgehead atoms. The number of nitrogens with zero attached hydrogens (tertiary/aromatic N) is 2. The lowest BCUT2D eigenvalue weighted by Crippen LogP contribution is -2.42. The maximum atomic E-state index is 12.3. The molecule has 0 spiro atoms. The van der Waals surface area contributed by atoms with Gasteiger partial charge in [0.15, 0.2) is 0 Å². The van der Waals surface area contributed by atoms with Gasteiger partial charge in [-0.25, -0.2) is 0 Å². The molecule has 3 saturated heterocycles. The fourth-order valence-electron chi connectivity index (χ4n) is 3.41. The topological polar surface area (TPSA) is 32.8 Å². The summed E-state index contributed by atoms with van der Waals surface area (Å²) in [5, 5.41) is 0. The van der Waals surface area contributed by atoms with Crippen LogP contribution in [0, 0.1) is 11.8 Å². The van der Waals surface area contributed by atoms with Crippen LogP contribution in [0.2, 0.25) is 0 Å². The molecule has 4 nitrogen and oxygen atoms in total. The molecule has 0 aromatic carbocycles. The Morgan fingerprint density at radius 3 is 2.94 bits per heavy atom. The highest BCUT2D eigenvalue weighted by atomic mass is 16.5. The zero-order chi connectivity index (χ0) is 11.1. The van der Waals surface area contributed by atoms with E-state index < -0.39 is 0 Å². The van der Waals surface area contributed by atoms with Gasteiger partial charge in [0.05, 0.1) is 12.5 Å². The number of likely N-dealkylation sites (tertiary alicyclic amines) is 2. The first-order chi connectivity index (χ1) is 7.75. The smallest absolute Gasteiger partial charge is 0.228 e. The fraction of sp³-hybridized carbons (Fsp3) is 0.917. The average Bonchev–Trinajstić information content (AvgIpc) is 2.90. The maximum Gasteiger partial charge on any atom is 0.228 e. The van der Waals surface area contributed by atoms with E-state index in [0.29, 0.717) is 18.6 Å². The second-order valence-electron chi connectivity index (χ2n) is 5.43. The SMILES string of the molecule is CN1C[C@@H]2CCN(C(=O)C3CCOC3)[C@@H]2C1. The molecule has 1 amide bonds. The van der Waals surface area contributed by atoms with Gasteiger partial charge in [0, 0.05) is 32.3 Å².